The van der Waals surface area contributed by atoms with Gasteiger partial charge in [-0.25, -0.2) is 9.37 Å². The van der Waals surface area contributed by atoms with Crippen LogP contribution >= 0.6 is 0 Å². The number of fused-ring (bicyclic) bond motifs is 1. The topological polar surface area (TPSA) is 47.8 Å². The molecule has 0 bridgehead atoms. The fourth-order valence-electron chi connectivity index (χ4n) is 2.80. The summed E-state index contributed by atoms with van der Waals surface area (Å²) in [6.45, 7) is 0.138. The van der Waals surface area contributed by atoms with Crippen molar-refractivity contribution < 1.29 is 4.39 Å². The highest BCUT2D eigenvalue weighted by Gasteiger charge is 2.09. The molecule has 4 nitrogen and oxygen atoms in total. The van der Waals surface area contributed by atoms with Crippen molar-refractivity contribution in [3.8, 4) is 11.1 Å². The van der Waals surface area contributed by atoms with E-state index in [9.17, 15) is 9.18 Å². The van der Waals surface area contributed by atoms with Gasteiger partial charge < -0.3 is 0 Å². The van der Waals surface area contributed by atoms with Gasteiger partial charge in [-0.05, 0) is 41.5 Å². The molecule has 0 saturated carbocycles. The average Bonchev–Trinajstić information content (AvgIpc) is 2.66. The second kappa shape index (κ2) is 6.28. The number of para-hydroxylation sites is 1. The number of halogens is 1. The highest BCUT2D eigenvalue weighted by Crippen LogP contribution is 2.21. The van der Waals surface area contributed by atoms with Gasteiger partial charge >= 0.3 is 0 Å². The first kappa shape index (κ1) is 15.2. The molecule has 25 heavy (non-hydrogen) atoms. The molecular weight excluding hydrogens is 317 g/mol. The van der Waals surface area contributed by atoms with Crippen molar-refractivity contribution >= 4 is 10.9 Å². The Morgan fingerprint density at radius 1 is 0.960 bits per heavy atom. The lowest BCUT2D eigenvalue weighted by molar-refractivity contribution is 0.596. The zero-order valence-corrected chi connectivity index (χ0v) is 13.3. The molecule has 0 fully saturated rings. The normalized spacial score (nSPS) is 10.9. The summed E-state index contributed by atoms with van der Waals surface area (Å²) in [5.41, 5.74) is 2.56. The molecule has 2 heterocycles. The van der Waals surface area contributed by atoms with Crippen molar-refractivity contribution in [3.05, 3.63) is 95.1 Å². The average molecular weight is 331 g/mol. The minimum absolute atomic E-state index is 0.138. The molecular formula is C20H14FN3O. The first-order valence-corrected chi connectivity index (χ1v) is 7.85. The number of hydrogen-bond acceptors (Lipinski definition) is 3. The molecule has 0 aliphatic carbocycles. The smallest absolute Gasteiger partial charge is 0.261 e. The minimum Gasteiger partial charge on any atom is -0.294 e. The van der Waals surface area contributed by atoms with E-state index in [0.717, 1.165) is 11.1 Å². The van der Waals surface area contributed by atoms with E-state index >= 15 is 0 Å². The van der Waals surface area contributed by atoms with Gasteiger partial charge in [-0.3, -0.25) is 14.3 Å². The molecule has 0 atom stereocenters. The lowest BCUT2D eigenvalue weighted by atomic mass is 10.0. The molecule has 0 spiro atoms. The van der Waals surface area contributed by atoms with Gasteiger partial charge in [0.1, 0.15) is 5.82 Å². The molecule has 4 rings (SSSR count). The summed E-state index contributed by atoms with van der Waals surface area (Å²) < 4.78 is 15.9. The number of hydrogen-bond donors (Lipinski definition) is 0. The van der Waals surface area contributed by atoms with Gasteiger partial charge in [-0.15, -0.1) is 0 Å². The molecule has 0 unspecified atom stereocenters. The summed E-state index contributed by atoms with van der Waals surface area (Å²) in [6.07, 6.45) is 4.80. The van der Waals surface area contributed by atoms with Crippen LogP contribution in [-0.2, 0) is 6.54 Å². The maximum absolute atomic E-state index is 14.5. The van der Waals surface area contributed by atoms with Crippen LogP contribution in [-0.4, -0.2) is 14.5 Å². The lowest BCUT2D eigenvalue weighted by Crippen LogP contribution is -2.21. The second-order valence-electron chi connectivity index (χ2n) is 5.74. The Balaban J connectivity index is 1.70. The van der Waals surface area contributed by atoms with Gasteiger partial charge in [-0.2, -0.15) is 0 Å². The molecule has 5 heteroatoms. The van der Waals surface area contributed by atoms with Gasteiger partial charge in [0, 0.05) is 18.0 Å². The molecule has 0 N–H and O–H groups in total. The summed E-state index contributed by atoms with van der Waals surface area (Å²) in [4.78, 5) is 20.8. The Morgan fingerprint density at radius 2 is 1.76 bits per heavy atom. The maximum atomic E-state index is 14.5. The van der Waals surface area contributed by atoms with E-state index in [1.807, 2.05) is 24.3 Å². The highest BCUT2D eigenvalue weighted by molar-refractivity contribution is 5.76. The fraction of sp³-hybridized carbons (Fsp3) is 0.0500. The molecule has 0 saturated heterocycles. The van der Waals surface area contributed by atoms with Crippen molar-refractivity contribution in [1.82, 2.24) is 14.5 Å². The summed E-state index contributed by atoms with van der Waals surface area (Å²) in [5, 5.41) is 0.527. The van der Waals surface area contributed by atoms with Crippen LogP contribution in [0.1, 0.15) is 5.56 Å². The number of pyridine rings is 1. The lowest BCUT2D eigenvalue weighted by Gasteiger charge is -2.09. The zero-order chi connectivity index (χ0) is 17.2. The van der Waals surface area contributed by atoms with Crippen LogP contribution in [0.4, 0.5) is 4.39 Å². The van der Waals surface area contributed by atoms with Crippen molar-refractivity contribution in [2.75, 3.05) is 0 Å². The Labute approximate surface area is 143 Å². The van der Waals surface area contributed by atoms with Crippen LogP contribution in [0.2, 0.25) is 0 Å². The Hall–Kier alpha value is -3.34. The Kier molecular flexibility index (Phi) is 3.82. The van der Waals surface area contributed by atoms with Crippen LogP contribution < -0.4 is 5.56 Å². The monoisotopic (exact) mass is 331 g/mol. The Morgan fingerprint density at radius 3 is 2.56 bits per heavy atom. The minimum atomic E-state index is -0.352. The van der Waals surface area contributed by atoms with Gasteiger partial charge in [-0.1, -0.05) is 24.3 Å². The van der Waals surface area contributed by atoms with Gasteiger partial charge in [0.2, 0.25) is 0 Å². The van der Waals surface area contributed by atoms with E-state index in [-0.39, 0.29) is 17.9 Å². The third-order valence-corrected chi connectivity index (χ3v) is 4.14. The quantitative estimate of drug-likeness (QED) is 0.576. The van der Waals surface area contributed by atoms with Gasteiger partial charge in [0.25, 0.3) is 5.56 Å². The maximum Gasteiger partial charge on any atom is 0.261 e. The predicted octanol–water partition coefficient (Wildman–Crippen LogP) is 3.65. The first-order chi connectivity index (χ1) is 12.2. The van der Waals surface area contributed by atoms with E-state index in [0.29, 0.717) is 16.5 Å². The van der Waals surface area contributed by atoms with E-state index in [2.05, 4.69) is 9.97 Å². The Bertz CT molecular complexity index is 1110. The first-order valence-electron chi connectivity index (χ1n) is 7.85. The fourth-order valence-corrected chi connectivity index (χ4v) is 2.80. The van der Waals surface area contributed by atoms with E-state index in [1.165, 1.54) is 17.0 Å². The summed E-state index contributed by atoms with van der Waals surface area (Å²) in [6, 6.07) is 15.8. The zero-order valence-electron chi connectivity index (χ0n) is 13.3. The van der Waals surface area contributed by atoms with Crippen LogP contribution in [0.5, 0.6) is 0 Å². The van der Waals surface area contributed by atoms with Crippen LogP contribution in [0.15, 0.2) is 78.1 Å². The van der Waals surface area contributed by atoms with Gasteiger partial charge in [0.15, 0.2) is 0 Å². The van der Waals surface area contributed by atoms with Crippen molar-refractivity contribution in [3.63, 3.8) is 0 Å². The van der Waals surface area contributed by atoms with Gasteiger partial charge in [0.05, 0.1) is 23.8 Å². The molecule has 4 aromatic rings. The molecule has 0 amide bonds. The number of nitrogens with zero attached hydrogens (tertiary/aromatic N) is 3. The number of rotatable bonds is 3. The molecule has 0 aliphatic rings. The molecule has 0 radical (unpaired) electrons. The second-order valence-corrected chi connectivity index (χ2v) is 5.74. The summed E-state index contributed by atoms with van der Waals surface area (Å²) in [5.74, 6) is -0.352. The SMILES string of the molecule is O=c1c2ccccc2ncn1Cc1ccc(-c2ccncc2)cc1F. The van der Waals surface area contributed by atoms with Crippen LogP contribution in [0, 0.1) is 5.82 Å². The van der Waals surface area contributed by atoms with Crippen molar-refractivity contribution in [2.24, 2.45) is 0 Å². The number of aromatic nitrogens is 3. The summed E-state index contributed by atoms with van der Waals surface area (Å²) >= 11 is 0. The van der Waals surface area contributed by atoms with E-state index < -0.39 is 0 Å². The van der Waals surface area contributed by atoms with Crippen molar-refractivity contribution in [1.29, 1.82) is 0 Å². The van der Waals surface area contributed by atoms with E-state index in [1.54, 1.807) is 36.7 Å². The standard InChI is InChI=1S/C20H14FN3O/c21-18-11-15(14-7-9-22-10-8-14)5-6-16(18)12-24-13-23-19-4-2-1-3-17(19)20(24)25/h1-11,13H,12H2. The third kappa shape index (κ3) is 2.92. The molecule has 2 aromatic carbocycles. The third-order valence-electron chi connectivity index (χ3n) is 4.14. The van der Waals surface area contributed by atoms with Crippen LogP contribution in [0.3, 0.4) is 0 Å². The number of benzene rings is 2. The summed E-state index contributed by atoms with van der Waals surface area (Å²) in [7, 11) is 0. The molecule has 122 valence electrons. The predicted molar refractivity (Wildman–Crippen MR) is 94.7 cm³/mol. The molecule has 0 aliphatic heterocycles. The highest BCUT2D eigenvalue weighted by atomic mass is 19.1. The van der Waals surface area contributed by atoms with Crippen molar-refractivity contribution in [2.45, 2.75) is 6.54 Å². The van der Waals surface area contributed by atoms with Crippen LogP contribution in [0.25, 0.3) is 22.0 Å². The molecule has 2 aromatic heterocycles. The largest absolute Gasteiger partial charge is 0.294 e. The van der Waals surface area contributed by atoms with E-state index in [4.69, 9.17) is 0 Å².